The Hall–Kier alpha value is -2.14. The molecule has 1 heterocycles. The Morgan fingerprint density at radius 3 is 2.95 bits per heavy atom. The minimum atomic E-state index is -0.247. The van der Waals surface area contributed by atoms with Gasteiger partial charge in [-0.05, 0) is 24.6 Å². The van der Waals surface area contributed by atoms with Crippen LogP contribution in [0.2, 0.25) is 5.02 Å². The lowest BCUT2D eigenvalue weighted by molar-refractivity contribution is 1.11. The number of benzene rings is 1. The number of aromatic nitrogens is 2. The van der Waals surface area contributed by atoms with E-state index in [2.05, 4.69) is 20.3 Å². The number of rotatable bonds is 3. The van der Waals surface area contributed by atoms with E-state index >= 15 is 0 Å². The van der Waals surface area contributed by atoms with E-state index in [1.165, 1.54) is 12.4 Å². The van der Waals surface area contributed by atoms with Gasteiger partial charge >= 0.3 is 0 Å². The summed E-state index contributed by atoms with van der Waals surface area (Å²) in [6.07, 6.45) is 2.92. The summed E-state index contributed by atoms with van der Waals surface area (Å²) in [7, 11) is 1.60. The number of nitrogens with one attached hydrogen (secondary N) is 2. The van der Waals surface area contributed by atoms with E-state index < -0.39 is 0 Å². The van der Waals surface area contributed by atoms with Gasteiger partial charge in [0, 0.05) is 30.2 Å². The van der Waals surface area contributed by atoms with E-state index in [1.54, 1.807) is 13.1 Å². The van der Waals surface area contributed by atoms with Crippen LogP contribution in [-0.2, 0) is 0 Å². The molecule has 19 heavy (non-hydrogen) atoms. The lowest BCUT2D eigenvalue weighted by atomic mass is 10.2. The molecule has 0 radical (unpaired) electrons. The molecule has 2 rings (SSSR count). The number of anilines is 2. The molecule has 2 aromatic rings. The maximum Gasteiger partial charge on any atom is 0.261 e. The largest absolute Gasteiger partial charge is 0.325 e. The summed E-state index contributed by atoms with van der Waals surface area (Å²) in [6, 6.07) is 5.50. The molecule has 0 spiro atoms. The van der Waals surface area contributed by atoms with E-state index in [1.807, 2.05) is 19.1 Å². The number of halogens is 1. The van der Waals surface area contributed by atoms with Crippen molar-refractivity contribution < 1.29 is 0 Å². The highest BCUT2D eigenvalue weighted by molar-refractivity contribution is 6.31. The zero-order chi connectivity index (χ0) is 13.8. The number of hydrogen-bond acceptors (Lipinski definition) is 4. The maximum atomic E-state index is 11.7. The van der Waals surface area contributed by atoms with Crippen molar-refractivity contribution in [2.75, 3.05) is 12.4 Å². The smallest absolute Gasteiger partial charge is 0.261 e. The zero-order valence-corrected chi connectivity index (χ0v) is 11.3. The molecular weight excluding hydrogens is 264 g/mol. The minimum absolute atomic E-state index is 0.247. The Labute approximate surface area is 115 Å². The van der Waals surface area contributed by atoms with Gasteiger partial charge in [-0.15, -0.1) is 0 Å². The fraction of sp³-hybridized carbons (Fsp3) is 0.154. The molecule has 1 aromatic heterocycles. The highest BCUT2D eigenvalue weighted by Crippen LogP contribution is 2.24. The predicted molar refractivity (Wildman–Crippen MR) is 77.8 cm³/mol. The van der Waals surface area contributed by atoms with Gasteiger partial charge < -0.3 is 5.32 Å². The van der Waals surface area contributed by atoms with Crippen molar-refractivity contribution in [3.05, 3.63) is 50.9 Å². The molecule has 0 fully saturated rings. The SMILES string of the molecule is CN=Cc1cnc(Nc2cccc(Cl)c2C)[nH]c1=O. The number of aromatic amines is 1. The second-order valence-electron chi connectivity index (χ2n) is 3.94. The van der Waals surface area contributed by atoms with Crippen LogP contribution in [0.15, 0.2) is 34.2 Å². The van der Waals surface area contributed by atoms with Crippen LogP contribution in [0.3, 0.4) is 0 Å². The summed E-state index contributed by atoms with van der Waals surface area (Å²) >= 11 is 6.03. The fourth-order valence-electron chi connectivity index (χ4n) is 1.57. The van der Waals surface area contributed by atoms with E-state index in [0.717, 1.165) is 11.3 Å². The molecule has 2 N–H and O–H groups in total. The Bertz CT molecular complexity index is 679. The topological polar surface area (TPSA) is 70.1 Å². The first-order valence-electron chi connectivity index (χ1n) is 5.65. The second kappa shape index (κ2) is 5.67. The van der Waals surface area contributed by atoms with Crippen LogP contribution in [0.25, 0.3) is 0 Å². The van der Waals surface area contributed by atoms with Gasteiger partial charge in [-0.2, -0.15) is 0 Å². The second-order valence-corrected chi connectivity index (χ2v) is 4.35. The lowest BCUT2D eigenvalue weighted by Crippen LogP contribution is -2.15. The Kier molecular flexibility index (Phi) is 3.97. The predicted octanol–water partition coefficient (Wildman–Crippen LogP) is 2.52. The molecule has 0 bridgehead atoms. The normalized spacial score (nSPS) is 10.9. The van der Waals surface area contributed by atoms with Crippen LogP contribution in [0.5, 0.6) is 0 Å². The zero-order valence-electron chi connectivity index (χ0n) is 10.6. The van der Waals surface area contributed by atoms with Gasteiger partial charge in [-0.3, -0.25) is 14.8 Å². The highest BCUT2D eigenvalue weighted by Gasteiger charge is 2.05. The van der Waals surface area contributed by atoms with Gasteiger partial charge in [0.15, 0.2) is 0 Å². The molecule has 0 aliphatic heterocycles. The van der Waals surface area contributed by atoms with Crippen LogP contribution in [-0.4, -0.2) is 23.2 Å². The maximum absolute atomic E-state index is 11.7. The summed E-state index contributed by atoms with van der Waals surface area (Å²) in [6.45, 7) is 1.89. The summed E-state index contributed by atoms with van der Waals surface area (Å²) < 4.78 is 0. The molecule has 0 amide bonds. The molecule has 98 valence electrons. The Morgan fingerprint density at radius 1 is 1.47 bits per heavy atom. The third-order valence-electron chi connectivity index (χ3n) is 2.62. The molecule has 5 nitrogen and oxygen atoms in total. The molecule has 6 heteroatoms. The number of H-pyrrole nitrogens is 1. The molecular formula is C13H13ClN4O. The quantitative estimate of drug-likeness (QED) is 0.846. The minimum Gasteiger partial charge on any atom is -0.325 e. The number of nitrogens with zero attached hydrogens (tertiary/aromatic N) is 2. The molecule has 1 aromatic carbocycles. The van der Waals surface area contributed by atoms with E-state index in [4.69, 9.17) is 11.6 Å². The van der Waals surface area contributed by atoms with Gasteiger partial charge in [0.1, 0.15) is 0 Å². The van der Waals surface area contributed by atoms with Crippen LogP contribution >= 0.6 is 11.6 Å². The first-order chi connectivity index (χ1) is 9.11. The van der Waals surface area contributed by atoms with E-state index in [0.29, 0.717) is 16.5 Å². The highest BCUT2D eigenvalue weighted by atomic mass is 35.5. The molecule has 0 unspecified atom stereocenters. The summed E-state index contributed by atoms with van der Waals surface area (Å²) in [4.78, 5) is 22.3. The third kappa shape index (κ3) is 3.00. The van der Waals surface area contributed by atoms with Gasteiger partial charge in [0.25, 0.3) is 5.56 Å². The van der Waals surface area contributed by atoms with Crippen molar-refractivity contribution in [3.63, 3.8) is 0 Å². The Balaban J connectivity index is 2.32. The van der Waals surface area contributed by atoms with Crippen LogP contribution in [0, 0.1) is 6.92 Å². The fourth-order valence-corrected chi connectivity index (χ4v) is 1.74. The molecule has 0 atom stereocenters. The van der Waals surface area contributed by atoms with Crippen molar-refractivity contribution in [2.24, 2.45) is 4.99 Å². The Morgan fingerprint density at radius 2 is 2.26 bits per heavy atom. The molecule has 0 saturated heterocycles. The number of hydrogen-bond donors (Lipinski definition) is 2. The monoisotopic (exact) mass is 276 g/mol. The van der Waals surface area contributed by atoms with Crippen molar-refractivity contribution >= 4 is 29.5 Å². The lowest BCUT2D eigenvalue weighted by Gasteiger charge is -2.09. The van der Waals surface area contributed by atoms with Crippen molar-refractivity contribution in [1.82, 2.24) is 9.97 Å². The average molecular weight is 277 g/mol. The van der Waals surface area contributed by atoms with Crippen LogP contribution in [0.1, 0.15) is 11.1 Å². The van der Waals surface area contributed by atoms with E-state index in [9.17, 15) is 4.79 Å². The van der Waals surface area contributed by atoms with Crippen molar-refractivity contribution in [2.45, 2.75) is 6.92 Å². The summed E-state index contributed by atoms with van der Waals surface area (Å²) in [5.41, 5.74) is 1.86. The van der Waals surface area contributed by atoms with Crippen molar-refractivity contribution in [1.29, 1.82) is 0 Å². The van der Waals surface area contributed by atoms with Gasteiger partial charge in [0.05, 0.1) is 5.56 Å². The summed E-state index contributed by atoms with van der Waals surface area (Å²) in [5.74, 6) is 0.364. The average Bonchev–Trinajstić information content (AvgIpc) is 2.38. The van der Waals surface area contributed by atoms with Gasteiger partial charge in [-0.25, -0.2) is 4.98 Å². The van der Waals surface area contributed by atoms with Gasteiger partial charge in [-0.1, -0.05) is 17.7 Å². The first kappa shape index (κ1) is 13.3. The number of aliphatic imine (C=N–C) groups is 1. The molecule has 0 aliphatic carbocycles. The first-order valence-corrected chi connectivity index (χ1v) is 6.03. The summed E-state index contributed by atoms with van der Waals surface area (Å²) in [5, 5.41) is 3.68. The molecule has 0 aliphatic rings. The standard InChI is InChI=1S/C13H13ClN4O/c1-8-10(14)4-3-5-11(8)17-13-16-7-9(6-15-2)12(19)18-13/h3-7H,1-2H3,(H2,16,17,18,19). The van der Waals surface area contributed by atoms with Crippen molar-refractivity contribution in [3.8, 4) is 0 Å². The van der Waals surface area contributed by atoms with Crippen LogP contribution < -0.4 is 10.9 Å². The van der Waals surface area contributed by atoms with Gasteiger partial charge in [0.2, 0.25) is 5.95 Å². The van der Waals surface area contributed by atoms with E-state index in [-0.39, 0.29) is 5.56 Å². The third-order valence-corrected chi connectivity index (χ3v) is 3.03. The molecule has 0 saturated carbocycles. The van der Waals surface area contributed by atoms with Crippen LogP contribution in [0.4, 0.5) is 11.6 Å².